The Labute approximate surface area is 216 Å². The largest absolute Gasteiger partial charge is 0.362 e. The van der Waals surface area contributed by atoms with Crippen LogP contribution in [-0.2, 0) is 0 Å². The van der Waals surface area contributed by atoms with Gasteiger partial charge in [-0.2, -0.15) is 4.98 Å². The third kappa shape index (κ3) is 4.67. The monoisotopic (exact) mass is 489 g/mol. The van der Waals surface area contributed by atoms with Crippen molar-refractivity contribution in [2.45, 2.75) is 37.8 Å². The average Bonchev–Trinajstić information content (AvgIpc) is 2.92. The predicted octanol–water partition coefficient (Wildman–Crippen LogP) is 6.16. The van der Waals surface area contributed by atoms with Crippen LogP contribution in [0.2, 0.25) is 0 Å². The molecule has 0 atom stereocenters. The summed E-state index contributed by atoms with van der Waals surface area (Å²) in [7, 11) is 4.01. The lowest BCUT2D eigenvalue weighted by Crippen LogP contribution is -2.40. The summed E-state index contributed by atoms with van der Waals surface area (Å²) in [5.41, 5.74) is 1.68. The summed E-state index contributed by atoms with van der Waals surface area (Å²) >= 11 is 0. The molecule has 1 saturated carbocycles. The Balaban J connectivity index is 1.13. The van der Waals surface area contributed by atoms with Crippen LogP contribution in [0.25, 0.3) is 32.4 Å². The molecular weight excluding hydrogens is 458 g/mol. The van der Waals surface area contributed by atoms with Gasteiger partial charge in [0.15, 0.2) is 0 Å². The van der Waals surface area contributed by atoms with E-state index in [1.807, 2.05) is 61.5 Å². The molecule has 1 heterocycles. The molecule has 0 spiro atoms. The number of aromatic nitrogens is 2. The van der Waals surface area contributed by atoms with Crippen LogP contribution in [0.5, 0.6) is 0 Å². The highest BCUT2D eigenvalue weighted by Crippen LogP contribution is 2.28. The molecule has 0 unspecified atom stereocenters. The van der Waals surface area contributed by atoms with Crippen LogP contribution in [0.3, 0.4) is 0 Å². The van der Waals surface area contributed by atoms with E-state index in [0.717, 1.165) is 64.1 Å². The molecule has 37 heavy (non-hydrogen) atoms. The average molecular weight is 490 g/mol. The van der Waals surface area contributed by atoms with Crippen molar-refractivity contribution in [2.75, 3.05) is 24.3 Å². The Bertz CT molecular complexity index is 1600. The second-order valence-electron chi connectivity index (χ2n) is 10.2. The maximum atomic E-state index is 13.3. The van der Waals surface area contributed by atoms with Crippen LogP contribution in [0, 0.1) is 0 Å². The maximum absolute atomic E-state index is 13.3. The molecule has 0 aliphatic heterocycles. The fourth-order valence-corrected chi connectivity index (χ4v) is 5.46. The molecule has 2 N–H and O–H groups in total. The Morgan fingerprint density at radius 2 is 1.43 bits per heavy atom. The van der Waals surface area contributed by atoms with Gasteiger partial charge in [0.2, 0.25) is 5.95 Å². The number of nitrogens with one attached hydrogen (secondary N) is 2. The van der Waals surface area contributed by atoms with Gasteiger partial charge >= 0.3 is 0 Å². The Morgan fingerprint density at radius 3 is 2.22 bits per heavy atom. The number of hydrogen-bond acceptors (Lipinski definition) is 5. The molecule has 0 radical (unpaired) electrons. The van der Waals surface area contributed by atoms with Gasteiger partial charge in [0, 0.05) is 37.1 Å². The highest BCUT2D eigenvalue weighted by Gasteiger charge is 2.24. The van der Waals surface area contributed by atoms with Gasteiger partial charge < -0.3 is 15.5 Å². The van der Waals surface area contributed by atoms with Gasteiger partial charge in [-0.15, -0.1) is 0 Å². The maximum Gasteiger partial charge on any atom is 0.252 e. The van der Waals surface area contributed by atoms with Crippen molar-refractivity contribution in [3.63, 3.8) is 0 Å². The van der Waals surface area contributed by atoms with Crippen LogP contribution in [0.15, 0.2) is 78.9 Å². The highest BCUT2D eigenvalue weighted by molar-refractivity contribution is 6.10. The summed E-state index contributed by atoms with van der Waals surface area (Å²) in [6.45, 7) is 0. The molecule has 0 saturated heterocycles. The second kappa shape index (κ2) is 9.69. The van der Waals surface area contributed by atoms with Gasteiger partial charge in [0.25, 0.3) is 5.91 Å². The zero-order valence-corrected chi connectivity index (χ0v) is 21.2. The fourth-order valence-electron chi connectivity index (χ4n) is 5.46. The molecule has 1 aliphatic carbocycles. The molecule has 1 amide bonds. The number of benzene rings is 4. The number of para-hydroxylation sites is 1. The molecule has 1 aliphatic rings. The van der Waals surface area contributed by atoms with Crippen molar-refractivity contribution < 1.29 is 4.79 Å². The summed E-state index contributed by atoms with van der Waals surface area (Å²) in [6, 6.07) is 27.1. The quantitative estimate of drug-likeness (QED) is 0.290. The van der Waals surface area contributed by atoms with E-state index in [4.69, 9.17) is 9.97 Å². The second-order valence-corrected chi connectivity index (χ2v) is 10.2. The third-order valence-corrected chi connectivity index (χ3v) is 7.39. The number of amides is 1. The molecule has 6 heteroatoms. The summed E-state index contributed by atoms with van der Waals surface area (Å²) in [4.78, 5) is 24.9. The van der Waals surface area contributed by atoms with E-state index in [-0.39, 0.29) is 18.0 Å². The number of carbonyl (C=O) groups is 1. The van der Waals surface area contributed by atoms with Gasteiger partial charge in [0.1, 0.15) is 5.82 Å². The first kappa shape index (κ1) is 23.2. The first-order valence-corrected chi connectivity index (χ1v) is 13.0. The van der Waals surface area contributed by atoms with Crippen LogP contribution >= 0.6 is 0 Å². The summed E-state index contributed by atoms with van der Waals surface area (Å²) < 4.78 is 0. The molecular formula is C31H31N5O. The lowest BCUT2D eigenvalue weighted by atomic mass is 9.90. The summed E-state index contributed by atoms with van der Waals surface area (Å²) in [5, 5.41) is 12.3. The Morgan fingerprint density at radius 1 is 0.757 bits per heavy atom. The minimum Gasteiger partial charge on any atom is -0.362 e. The zero-order chi connectivity index (χ0) is 25.4. The minimum atomic E-state index is 0.00535. The van der Waals surface area contributed by atoms with Gasteiger partial charge in [-0.25, -0.2) is 4.98 Å². The molecule has 5 aromatic rings. The standard InChI is InChI=1S/C31H31N5O/c1-36(2)29-26-11-5-6-13-28(26)34-31(35-29)33-24-16-14-23(15-17-24)32-30(37)25-12-7-10-22-18-20-8-3-4-9-21(20)19-27(22)25/h3-13,18-19,23-24H,14-17H2,1-2H3,(H,32,37)(H,33,34,35)/t23-,24+. The number of hydrogen-bond donors (Lipinski definition) is 2. The van der Waals surface area contributed by atoms with Gasteiger partial charge in [0.05, 0.1) is 5.52 Å². The fraction of sp³-hybridized carbons (Fsp3) is 0.258. The predicted molar refractivity (Wildman–Crippen MR) is 152 cm³/mol. The summed E-state index contributed by atoms with van der Waals surface area (Å²) in [5.74, 6) is 1.58. The lowest BCUT2D eigenvalue weighted by Gasteiger charge is -2.30. The SMILES string of the molecule is CN(C)c1nc(N[C@H]2CC[C@@H](NC(=O)c3cccc4cc5ccccc5cc34)CC2)nc2ccccc12. The van der Waals surface area contributed by atoms with Crippen molar-refractivity contribution in [1.29, 1.82) is 0 Å². The van der Waals surface area contributed by atoms with E-state index >= 15 is 0 Å². The normalized spacial score (nSPS) is 17.7. The first-order chi connectivity index (χ1) is 18.0. The van der Waals surface area contributed by atoms with Gasteiger partial charge in [-0.05, 0) is 77.6 Å². The van der Waals surface area contributed by atoms with Crippen molar-refractivity contribution in [3.8, 4) is 0 Å². The van der Waals surface area contributed by atoms with E-state index < -0.39 is 0 Å². The molecule has 186 valence electrons. The van der Waals surface area contributed by atoms with E-state index in [9.17, 15) is 4.79 Å². The molecule has 1 aromatic heterocycles. The first-order valence-electron chi connectivity index (χ1n) is 13.0. The number of fused-ring (bicyclic) bond motifs is 3. The van der Waals surface area contributed by atoms with E-state index in [0.29, 0.717) is 5.95 Å². The topological polar surface area (TPSA) is 70.2 Å². The molecule has 0 bridgehead atoms. The molecule has 6 rings (SSSR count). The Hall–Kier alpha value is -4.19. The minimum absolute atomic E-state index is 0.00535. The number of rotatable bonds is 5. The molecule has 1 fully saturated rings. The highest BCUT2D eigenvalue weighted by atomic mass is 16.1. The van der Waals surface area contributed by atoms with Crippen LogP contribution in [-0.4, -0.2) is 42.1 Å². The Kier molecular flexibility index (Phi) is 6.08. The van der Waals surface area contributed by atoms with Crippen LogP contribution in [0.1, 0.15) is 36.0 Å². The van der Waals surface area contributed by atoms with Crippen molar-refractivity contribution in [2.24, 2.45) is 0 Å². The van der Waals surface area contributed by atoms with E-state index in [1.54, 1.807) is 0 Å². The van der Waals surface area contributed by atoms with Crippen molar-refractivity contribution in [1.82, 2.24) is 15.3 Å². The molecule has 4 aromatic carbocycles. The molecule has 6 nitrogen and oxygen atoms in total. The zero-order valence-electron chi connectivity index (χ0n) is 21.2. The van der Waals surface area contributed by atoms with Crippen molar-refractivity contribution >= 4 is 50.1 Å². The van der Waals surface area contributed by atoms with Gasteiger partial charge in [-0.1, -0.05) is 48.5 Å². The lowest BCUT2D eigenvalue weighted by molar-refractivity contribution is 0.0928. The third-order valence-electron chi connectivity index (χ3n) is 7.39. The van der Waals surface area contributed by atoms with Crippen LogP contribution in [0.4, 0.5) is 11.8 Å². The van der Waals surface area contributed by atoms with E-state index in [2.05, 4.69) is 47.0 Å². The summed E-state index contributed by atoms with van der Waals surface area (Å²) in [6.07, 6.45) is 3.76. The number of anilines is 2. The van der Waals surface area contributed by atoms with E-state index in [1.165, 1.54) is 5.39 Å². The van der Waals surface area contributed by atoms with Gasteiger partial charge in [-0.3, -0.25) is 4.79 Å². The smallest absolute Gasteiger partial charge is 0.252 e. The van der Waals surface area contributed by atoms with Crippen molar-refractivity contribution in [3.05, 3.63) is 84.4 Å². The van der Waals surface area contributed by atoms with Crippen LogP contribution < -0.4 is 15.5 Å². The number of nitrogens with zero attached hydrogens (tertiary/aromatic N) is 3. The number of carbonyl (C=O) groups excluding carboxylic acids is 1.